The Hall–Kier alpha value is -2.17. The molecule has 1 aromatic carbocycles. The molecule has 1 atom stereocenters. The lowest BCUT2D eigenvalue weighted by atomic mass is 9.99. The zero-order valence-corrected chi connectivity index (χ0v) is 15.7. The molecule has 2 rings (SSSR count). The lowest BCUT2D eigenvalue weighted by Crippen LogP contribution is -2.33. The number of fused-ring (bicyclic) bond motifs is 1. The zero-order valence-electron chi connectivity index (χ0n) is 15.7. The molecule has 1 N–H and O–H groups in total. The lowest BCUT2D eigenvalue weighted by molar-refractivity contribution is 0.0940. The van der Waals surface area contributed by atoms with E-state index in [2.05, 4.69) is 24.3 Å². The third kappa shape index (κ3) is 4.47. The van der Waals surface area contributed by atoms with Gasteiger partial charge in [0, 0.05) is 11.9 Å². The fourth-order valence-corrected chi connectivity index (χ4v) is 2.99. The number of carbonyl (C=O) groups excluding carboxylic acids is 1. The highest BCUT2D eigenvalue weighted by Gasteiger charge is 2.18. The second-order valence-electron chi connectivity index (χ2n) is 6.86. The van der Waals surface area contributed by atoms with Crippen LogP contribution >= 0.6 is 0 Å². The van der Waals surface area contributed by atoms with Gasteiger partial charge in [-0.05, 0) is 32.3 Å². The molecule has 0 bridgehead atoms. The highest BCUT2D eigenvalue weighted by molar-refractivity contribution is 6.04. The van der Waals surface area contributed by atoms with Crippen molar-refractivity contribution in [1.29, 1.82) is 0 Å². The molecule has 0 saturated carbocycles. The van der Waals surface area contributed by atoms with Crippen LogP contribution in [0.1, 0.15) is 69.9 Å². The van der Waals surface area contributed by atoms with E-state index < -0.39 is 0 Å². The number of amides is 1. The van der Waals surface area contributed by atoms with Crippen LogP contribution in [-0.4, -0.2) is 22.2 Å². The van der Waals surface area contributed by atoms with Crippen LogP contribution in [0.5, 0.6) is 0 Å². The van der Waals surface area contributed by atoms with Crippen LogP contribution in [0.2, 0.25) is 0 Å². The number of hydrogen-bond acceptors (Lipinski definition) is 3. The van der Waals surface area contributed by atoms with Crippen molar-refractivity contribution in [3.8, 4) is 0 Å². The monoisotopic (exact) mass is 343 g/mol. The van der Waals surface area contributed by atoms with Gasteiger partial charge in [0.1, 0.15) is 0 Å². The first kappa shape index (κ1) is 19.2. The Morgan fingerprint density at radius 2 is 1.88 bits per heavy atom. The van der Waals surface area contributed by atoms with E-state index in [1.807, 2.05) is 26.0 Å². The number of aromatic nitrogens is 2. The largest absolute Gasteiger partial charge is 0.350 e. The SMILES string of the molecule is CCCCC(CC)CNC(=O)c1nn(C(C)C)c(=O)c2ccccc12. The summed E-state index contributed by atoms with van der Waals surface area (Å²) in [7, 11) is 0. The van der Waals surface area contributed by atoms with Gasteiger partial charge in [0.2, 0.25) is 0 Å². The van der Waals surface area contributed by atoms with E-state index in [0.29, 0.717) is 28.9 Å². The van der Waals surface area contributed by atoms with Crippen molar-refractivity contribution >= 4 is 16.7 Å². The third-order valence-corrected chi connectivity index (χ3v) is 4.63. The number of nitrogens with one attached hydrogen (secondary N) is 1. The first-order valence-corrected chi connectivity index (χ1v) is 9.29. The summed E-state index contributed by atoms with van der Waals surface area (Å²) in [6.07, 6.45) is 4.50. The summed E-state index contributed by atoms with van der Waals surface area (Å²) in [5.41, 5.74) is 0.172. The van der Waals surface area contributed by atoms with E-state index in [0.717, 1.165) is 19.3 Å². The minimum atomic E-state index is -0.208. The molecule has 0 fully saturated rings. The molecule has 0 aliphatic carbocycles. The molecule has 1 heterocycles. The Bertz CT molecular complexity index is 780. The second kappa shape index (κ2) is 8.79. The first-order valence-electron chi connectivity index (χ1n) is 9.29. The molecule has 25 heavy (non-hydrogen) atoms. The third-order valence-electron chi connectivity index (χ3n) is 4.63. The van der Waals surface area contributed by atoms with Gasteiger partial charge < -0.3 is 5.32 Å². The van der Waals surface area contributed by atoms with Crippen LogP contribution in [0.4, 0.5) is 0 Å². The molecule has 136 valence electrons. The molecule has 0 spiro atoms. The summed E-state index contributed by atoms with van der Waals surface area (Å²) in [5, 5.41) is 8.53. The summed E-state index contributed by atoms with van der Waals surface area (Å²) < 4.78 is 1.39. The molecule has 1 amide bonds. The zero-order chi connectivity index (χ0) is 18.4. The van der Waals surface area contributed by atoms with Crippen LogP contribution in [0, 0.1) is 5.92 Å². The van der Waals surface area contributed by atoms with Crippen LogP contribution in [0.3, 0.4) is 0 Å². The van der Waals surface area contributed by atoms with E-state index in [1.165, 1.54) is 11.1 Å². The van der Waals surface area contributed by atoms with Crippen molar-refractivity contribution in [3.05, 3.63) is 40.3 Å². The number of unbranched alkanes of at least 4 members (excludes halogenated alkanes) is 1. The van der Waals surface area contributed by atoms with Crippen molar-refractivity contribution in [2.45, 2.75) is 59.4 Å². The highest BCUT2D eigenvalue weighted by Crippen LogP contribution is 2.16. The van der Waals surface area contributed by atoms with E-state index in [9.17, 15) is 9.59 Å². The predicted octanol–water partition coefficient (Wildman–Crippen LogP) is 3.92. The van der Waals surface area contributed by atoms with E-state index in [1.54, 1.807) is 12.1 Å². The molecule has 0 saturated heterocycles. The van der Waals surface area contributed by atoms with E-state index in [-0.39, 0.29) is 17.5 Å². The van der Waals surface area contributed by atoms with E-state index in [4.69, 9.17) is 0 Å². The molecule has 0 aliphatic heterocycles. The number of benzene rings is 1. The standard InChI is InChI=1S/C20H29N3O2/c1-5-7-10-15(6-2)13-21-19(24)18-16-11-8-9-12-17(16)20(25)23(22-18)14(3)4/h8-9,11-12,14-15H,5-7,10,13H2,1-4H3,(H,21,24). The van der Waals surface area contributed by atoms with Gasteiger partial charge in [0.25, 0.3) is 11.5 Å². The van der Waals surface area contributed by atoms with Crippen LogP contribution in [0.15, 0.2) is 29.1 Å². The summed E-state index contributed by atoms with van der Waals surface area (Å²) >= 11 is 0. The van der Waals surface area contributed by atoms with Crippen LogP contribution in [-0.2, 0) is 0 Å². The Labute approximate surface area is 149 Å². The first-order chi connectivity index (χ1) is 12.0. The fraction of sp³-hybridized carbons (Fsp3) is 0.550. The summed E-state index contributed by atoms with van der Waals surface area (Å²) in [6.45, 7) is 8.76. The molecule has 5 heteroatoms. The Morgan fingerprint density at radius 1 is 1.20 bits per heavy atom. The smallest absolute Gasteiger partial charge is 0.274 e. The van der Waals surface area contributed by atoms with Gasteiger partial charge in [0.15, 0.2) is 5.69 Å². The summed E-state index contributed by atoms with van der Waals surface area (Å²) in [4.78, 5) is 25.3. The predicted molar refractivity (Wildman–Crippen MR) is 102 cm³/mol. The molecule has 0 aliphatic rings. The maximum Gasteiger partial charge on any atom is 0.274 e. The molecule has 0 radical (unpaired) electrons. The van der Waals surface area contributed by atoms with E-state index >= 15 is 0 Å². The van der Waals surface area contributed by atoms with Crippen molar-refractivity contribution in [2.75, 3.05) is 6.54 Å². The van der Waals surface area contributed by atoms with Gasteiger partial charge in [-0.3, -0.25) is 9.59 Å². The van der Waals surface area contributed by atoms with Gasteiger partial charge in [-0.25, -0.2) is 4.68 Å². The van der Waals surface area contributed by atoms with Crippen molar-refractivity contribution < 1.29 is 4.79 Å². The molecule has 1 aromatic heterocycles. The maximum absolute atomic E-state index is 12.7. The van der Waals surface area contributed by atoms with Crippen molar-refractivity contribution in [2.24, 2.45) is 5.92 Å². The van der Waals surface area contributed by atoms with Crippen LogP contribution in [0.25, 0.3) is 10.8 Å². The van der Waals surface area contributed by atoms with Gasteiger partial charge >= 0.3 is 0 Å². The normalized spacial score (nSPS) is 12.5. The quantitative estimate of drug-likeness (QED) is 0.790. The minimum Gasteiger partial charge on any atom is -0.350 e. The number of nitrogens with zero attached hydrogens (tertiary/aromatic N) is 2. The topological polar surface area (TPSA) is 64.0 Å². The molecule has 1 unspecified atom stereocenters. The van der Waals surface area contributed by atoms with Gasteiger partial charge in [-0.15, -0.1) is 0 Å². The summed E-state index contributed by atoms with van der Waals surface area (Å²) in [5.74, 6) is 0.270. The van der Waals surface area contributed by atoms with Gasteiger partial charge in [-0.1, -0.05) is 51.3 Å². The number of hydrogen-bond donors (Lipinski definition) is 1. The Morgan fingerprint density at radius 3 is 2.48 bits per heavy atom. The minimum absolute atomic E-state index is 0.100. The molecule has 2 aromatic rings. The second-order valence-corrected chi connectivity index (χ2v) is 6.86. The van der Waals surface area contributed by atoms with Gasteiger partial charge in [0.05, 0.1) is 11.4 Å². The average Bonchev–Trinajstić information content (AvgIpc) is 2.62. The van der Waals surface area contributed by atoms with Gasteiger partial charge in [-0.2, -0.15) is 5.10 Å². The number of carbonyl (C=O) groups is 1. The number of rotatable bonds is 8. The summed E-state index contributed by atoms with van der Waals surface area (Å²) in [6, 6.07) is 7.09. The Kier molecular flexibility index (Phi) is 6.73. The molecular formula is C20H29N3O2. The lowest BCUT2D eigenvalue weighted by Gasteiger charge is -2.17. The molecule has 5 nitrogen and oxygen atoms in total. The average molecular weight is 343 g/mol. The Balaban J connectivity index is 2.31. The fourth-order valence-electron chi connectivity index (χ4n) is 2.99. The van der Waals surface area contributed by atoms with Crippen molar-refractivity contribution in [1.82, 2.24) is 15.1 Å². The maximum atomic E-state index is 12.7. The van der Waals surface area contributed by atoms with Crippen LogP contribution < -0.4 is 10.9 Å². The molecular weight excluding hydrogens is 314 g/mol. The van der Waals surface area contributed by atoms with Crippen molar-refractivity contribution in [3.63, 3.8) is 0 Å². The highest BCUT2D eigenvalue weighted by atomic mass is 16.2.